The molecule has 1 heterocycles. The summed E-state index contributed by atoms with van der Waals surface area (Å²) in [6, 6.07) is 0. The minimum absolute atomic E-state index is 0.354. The van der Waals surface area contributed by atoms with Gasteiger partial charge in [0.2, 0.25) is 5.95 Å². The SMILES string of the molecule is Cn1nc(F)c(C(F)(F)F)c1C(F)(F)C(F)(F)F. The van der Waals surface area contributed by atoms with Crippen LogP contribution in [0.4, 0.5) is 39.5 Å². The van der Waals surface area contributed by atoms with Crippen molar-refractivity contribution in [3.05, 3.63) is 17.2 Å². The van der Waals surface area contributed by atoms with Gasteiger partial charge in [0.15, 0.2) is 0 Å². The van der Waals surface area contributed by atoms with E-state index in [2.05, 4.69) is 5.10 Å². The third-order valence-corrected chi connectivity index (χ3v) is 1.94. The van der Waals surface area contributed by atoms with E-state index in [1.165, 1.54) is 0 Å². The quantitative estimate of drug-likeness (QED) is 0.725. The average molecular weight is 286 g/mol. The molecule has 0 aromatic carbocycles. The highest BCUT2D eigenvalue weighted by Gasteiger charge is 2.64. The van der Waals surface area contributed by atoms with Gasteiger partial charge in [-0.2, -0.15) is 39.5 Å². The maximum Gasteiger partial charge on any atom is 0.459 e. The van der Waals surface area contributed by atoms with E-state index in [0.29, 0.717) is 7.05 Å². The van der Waals surface area contributed by atoms with Crippen LogP contribution in [0.15, 0.2) is 0 Å². The lowest BCUT2D eigenvalue weighted by molar-refractivity contribution is -0.293. The minimum atomic E-state index is -6.30. The van der Waals surface area contributed by atoms with Crippen LogP contribution in [-0.2, 0) is 19.1 Å². The Balaban J connectivity index is 3.61. The van der Waals surface area contributed by atoms with Gasteiger partial charge >= 0.3 is 18.3 Å². The van der Waals surface area contributed by atoms with Crippen molar-refractivity contribution in [3.8, 4) is 0 Å². The van der Waals surface area contributed by atoms with Crippen molar-refractivity contribution in [1.82, 2.24) is 9.78 Å². The van der Waals surface area contributed by atoms with Crippen molar-refractivity contribution in [1.29, 1.82) is 0 Å². The average Bonchev–Trinajstić information content (AvgIpc) is 2.37. The number of rotatable bonds is 1. The van der Waals surface area contributed by atoms with Crippen molar-refractivity contribution < 1.29 is 39.5 Å². The molecule has 0 fully saturated rings. The maximum atomic E-state index is 12.9. The second-order valence-electron chi connectivity index (χ2n) is 3.21. The third-order valence-electron chi connectivity index (χ3n) is 1.94. The number of aryl methyl sites for hydroxylation is 1. The molecule has 0 radical (unpaired) electrons. The molecule has 1 aromatic rings. The fraction of sp³-hybridized carbons (Fsp3) is 0.571. The fourth-order valence-electron chi connectivity index (χ4n) is 1.24. The zero-order valence-corrected chi connectivity index (χ0v) is 8.30. The van der Waals surface area contributed by atoms with Crippen molar-refractivity contribution in [3.63, 3.8) is 0 Å². The van der Waals surface area contributed by atoms with Gasteiger partial charge in [0.05, 0.1) is 0 Å². The van der Waals surface area contributed by atoms with Gasteiger partial charge in [-0.25, -0.2) is 0 Å². The second-order valence-corrected chi connectivity index (χ2v) is 3.21. The van der Waals surface area contributed by atoms with Gasteiger partial charge in [0, 0.05) is 7.05 Å². The summed E-state index contributed by atoms with van der Waals surface area (Å²) in [7, 11) is 0.354. The molecule has 18 heavy (non-hydrogen) atoms. The highest BCUT2D eigenvalue weighted by atomic mass is 19.4. The van der Waals surface area contributed by atoms with Crippen LogP contribution in [0, 0.1) is 5.95 Å². The van der Waals surface area contributed by atoms with E-state index in [-0.39, 0.29) is 0 Å². The van der Waals surface area contributed by atoms with Gasteiger partial charge < -0.3 is 0 Å². The summed E-state index contributed by atoms with van der Waals surface area (Å²) in [5.41, 5.74) is -5.31. The molecule has 1 aromatic heterocycles. The Hall–Kier alpha value is -1.42. The largest absolute Gasteiger partial charge is 0.459 e. The van der Waals surface area contributed by atoms with E-state index < -0.39 is 40.2 Å². The summed E-state index contributed by atoms with van der Waals surface area (Å²) in [5.74, 6) is -8.31. The zero-order chi connectivity index (χ0) is 14.5. The molecule has 0 aliphatic rings. The van der Waals surface area contributed by atoms with Crippen molar-refractivity contribution >= 4 is 0 Å². The maximum absolute atomic E-state index is 12.9. The molecule has 0 amide bonds. The Morgan fingerprint density at radius 1 is 0.944 bits per heavy atom. The monoisotopic (exact) mass is 286 g/mol. The molecule has 0 spiro atoms. The van der Waals surface area contributed by atoms with E-state index in [0.717, 1.165) is 0 Å². The van der Waals surface area contributed by atoms with Crippen LogP contribution in [0.1, 0.15) is 11.3 Å². The highest BCUT2D eigenvalue weighted by molar-refractivity contribution is 5.28. The summed E-state index contributed by atoms with van der Waals surface area (Å²) in [5, 5.41) is 2.31. The predicted octanol–water partition coefficient (Wildman–Crippen LogP) is 3.23. The van der Waals surface area contributed by atoms with Gasteiger partial charge in [-0.3, -0.25) is 4.68 Å². The first kappa shape index (κ1) is 14.6. The van der Waals surface area contributed by atoms with Crippen molar-refractivity contribution in [2.75, 3.05) is 0 Å². The first-order chi connectivity index (χ1) is 7.80. The number of hydrogen-bond donors (Lipinski definition) is 0. The Bertz CT molecular complexity index is 453. The smallest absolute Gasteiger partial charge is 0.263 e. The Labute approximate surface area is 93.0 Å². The first-order valence-corrected chi connectivity index (χ1v) is 4.05. The Kier molecular flexibility index (Phi) is 3.08. The number of hydrogen-bond acceptors (Lipinski definition) is 1. The summed E-state index contributed by atoms with van der Waals surface area (Å²) >= 11 is 0. The van der Waals surface area contributed by atoms with Crippen LogP contribution < -0.4 is 0 Å². The number of aromatic nitrogens is 2. The topological polar surface area (TPSA) is 17.8 Å². The van der Waals surface area contributed by atoms with Crippen LogP contribution >= 0.6 is 0 Å². The summed E-state index contributed by atoms with van der Waals surface area (Å²) in [4.78, 5) is 0. The van der Waals surface area contributed by atoms with Crippen LogP contribution in [0.25, 0.3) is 0 Å². The van der Waals surface area contributed by atoms with Gasteiger partial charge in [0.1, 0.15) is 11.3 Å². The molecule has 2 nitrogen and oxygen atoms in total. The fourth-order valence-corrected chi connectivity index (χ4v) is 1.24. The third kappa shape index (κ3) is 2.12. The van der Waals surface area contributed by atoms with E-state index in [9.17, 15) is 39.5 Å². The van der Waals surface area contributed by atoms with Crippen molar-refractivity contribution in [2.45, 2.75) is 18.3 Å². The molecule has 0 aliphatic carbocycles. The molecular weight excluding hydrogens is 283 g/mol. The van der Waals surface area contributed by atoms with Crippen molar-refractivity contribution in [2.24, 2.45) is 7.05 Å². The van der Waals surface area contributed by atoms with Gasteiger partial charge in [-0.1, -0.05) is 0 Å². The lowest BCUT2D eigenvalue weighted by Gasteiger charge is -2.21. The molecule has 0 N–H and O–H groups in total. The molecule has 0 atom stereocenters. The predicted molar refractivity (Wildman–Crippen MR) is 38.1 cm³/mol. The van der Waals surface area contributed by atoms with Crippen LogP contribution in [-0.4, -0.2) is 16.0 Å². The molecule has 0 saturated heterocycles. The summed E-state index contributed by atoms with van der Waals surface area (Å²) in [6.07, 6.45) is -12.0. The van der Waals surface area contributed by atoms with Crippen LogP contribution in [0.5, 0.6) is 0 Å². The molecule has 11 heteroatoms. The first-order valence-electron chi connectivity index (χ1n) is 4.05. The van der Waals surface area contributed by atoms with Gasteiger partial charge in [0.25, 0.3) is 0 Å². The summed E-state index contributed by atoms with van der Waals surface area (Å²) in [6.45, 7) is 0. The molecule has 0 saturated carbocycles. The van der Waals surface area contributed by atoms with E-state index in [1.54, 1.807) is 0 Å². The van der Waals surface area contributed by atoms with E-state index in [1.807, 2.05) is 0 Å². The lowest BCUT2D eigenvalue weighted by Crippen LogP contribution is -2.37. The molecule has 104 valence electrons. The van der Waals surface area contributed by atoms with Gasteiger partial charge in [-0.15, -0.1) is 5.10 Å². The minimum Gasteiger partial charge on any atom is -0.263 e. The molecule has 0 unspecified atom stereocenters. The molecule has 0 bridgehead atoms. The van der Waals surface area contributed by atoms with Crippen LogP contribution in [0.3, 0.4) is 0 Å². The molecular formula is C7H3F9N2. The normalized spacial score (nSPS) is 14.1. The van der Waals surface area contributed by atoms with Crippen LogP contribution in [0.2, 0.25) is 0 Å². The Morgan fingerprint density at radius 2 is 1.39 bits per heavy atom. The zero-order valence-electron chi connectivity index (χ0n) is 8.30. The molecule has 0 aliphatic heterocycles. The summed E-state index contributed by atoms with van der Waals surface area (Å²) < 4.78 is 111. The standard InChI is InChI=1S/C7H3F9N2/c1-18-3(5(9,10)7(14,15)16)2(4(8)17-18)6(11,12)13/h1H3. The second kappa shape index (κ2) is 3.79. The van der Waals surface area contributed by atoms with Gasteiger partial charge in [-0.05, 0) is 0 Å². The van der Waals surface area contributed by atoms with E-state index in [4.69, 9.17) is 0 Å². The molecule has 1 rings (SSSR count). The lowest BCUT2D eigenvalue weighted by atomic mass is 10.1. The number of alkyl halides is 8. The number of halogens is 9. The number of nitrogens with zero attached hydrogens (tertiary/aromatic N) is 2. The Morgan fingerprint density at radius 3 is 1.72 bits per heavy atom. The van der Waals surface area contributed by atoms with E-state index >= 15 is 0 Å². The highest BCUT2D eigenvalue weighted by Crippen LogP contribution is 2.48.